The van der Waals surface area contributed by atoms with Gasteiger partial charge in [0.2, 0.25) is 12.5 Å². The third-order valence-electron chi connectivity index (χ3n) is 2.49. The van der Waals surface area contributed by atoms with Crippen molar-refractivity contribution < 1.29 is 24.3 Å². The normalized spacial score (nSPS) is 14.3. The molecular weight excluding hydrogens is 244 g/mol. The van der Waals surface area contributed by atoms with Crippen molar-refractivity contribution >= 4 is 11.7 Å². The van der Waals surface area contributed by atoms with Crippen LogP contribution in [0.4, 0.5) is 5.69 Å². The lowest BCUT2D eigenvalue weighted by Gasteiger charge is -2.10. The topological polar surface area (TPSA) is 125 Å². The molecule has 0 aromatic heterocycles. The molecule has 0 bridgehead atoms. The lowest BCUT2D eigenvalue weighted by atomic mass is 10.0. The van der Waals surface area contributed by atoms with Crippen LogP contribution in [-0.2, 0) is 4.79 Å². The number of nitro benzene ring substituents is 1. The number of nitrogens with two attached hydrogens (primary N) is 1. The molecule has 1 heterocycles. The van der Waals surface area contributed by atoms with Gasteiger partial charge in [-0.15, -0.1) is 0 Å². The lowest BCUT2D eigenvalue weighted by molar-refractivity contribution is -0.385. The Hall–Kier alpha value is -2.35. The molecule has 1 aliphatic rings. The summed E-state index contributed by atoms with van der Waals surface area (Å²) < 4.78 is 10.0. The van der Waals surface area contributed by atoms with E-state index in [2.05, 4.69) is 0 Å². The number of nitro groups is 1. The van der Waals surface area contributed by atoms with E-state index in [0.717, 1.165) is 0 Å². The maximum atomic E-state index is 10.9. The number of aliphatic carboxylic acids is 1. The summed E-state index contributed by atoms with van der Waals surface area (Å²) in [5, 5.41) is 19.5. The van der Waals surface area contributed by atoms with Gasteiger partial charge in [-0.1, -0.05) is 0 Å². The number of ether oxygens (including phenoxy) is 2. The van der Waals surface area contributed by atoms with Gasteiger partial charge in [-0.2, -0.15) is 0 Å². The van der Waals surface area contributed by atoms with E-state index in [-0.39, 0.29) is 30.4 Å². The fourth-order valence-electron chi connectivity index (χ4n) is 1.67. The predicted molar refractivity (Wildman–Crippen MR) is 58.4 cm³/mol. The number of benzene rings is 1. The maximum Gasteiger partial charge on any atom is 0.315 e. The molecular formula is C10H10N2O6. The summed E-state index contributed by atoms with van der Waals surface area (Å²) in [6, 6.07) is 1.83. The molecule has 2 rings (SSSR count). The zero-order valence-electron chi connectivity index (χ0n) is 9.16. The van der Waals surface area contributed by atoms with E-state index in [4.69, 9.17) is 20.3 Å². The zero-order chi connectivity index (χ0) is 13.3. The molecule has 96 valence electrons. The summed E-state index contributed by atoms with van der Waals surface area (Å²) >= 11 is 0. The summed E-state index contributed by atoms with van der Waals surface area (Å²) in [6.45, 7) is -0.103. The van der Waals surface area contributed by atoms with Crippen LogP contribution in [0.5, 0.6) is 11.5 Å². The van der Waals surface area contributed by atoms with Crippen molar-refractivity contribution in [3.05, 3.63) is 27.8 Å². The van der Waals surface area contributed by atoms with Gasteiger partial charge in [0.05, 0.1) is 11.3 Å². The molecule has 1 aromatic carbocycles. The van der Waals surface area contributed by atoms with Crippen molar-refractivity contribution in [2.75, 3.05) is 6.79 Å². The van der Waals surface area contributed by atoms with Crippen LogP contribution in [0, 0.1) is 10.1 Å². The highest BCUT2D eigenvalue weighted by Gasteiger charge is 2.28. The number of carbonyl (C=O) groups is 1. The molecule has 3 N–H and O–H groups in total. The predicted octanol–water partition coefficient (Wildman–Crippen LogP) is 0.798. The zero-order valence-corrected chi connectivity index (χ0v) is 9.16. The fourth-order valence-corrected chi connectivity index (χ4v) is 1.67. The molecule has 0 fully saturated rings. The first-order valence-corrected chi connectivity index (χ1v) is 5.04. The maximum absolute atomic E-state index is 10.9. The van der Waals surface area contributed by atoms with Crippen LogP contribution in [0.2, 0.25) is 0 Å². The van der Waals surface area contributed by atoms with Gasteiger partial charge in [0.1, 0.15) is 0 Å². The number of nitrogens with zero attached hydrogens (tertiary/aromatic N) is 1. The van der Waals surface area contributed by atoms with Gasteiger partial charge in [-0.25, -0.2) is 0 Å². The summed E-state index contributed by atoms with van der Waals surface area (Å²) in [5.41, 5.74) is 5.71. The molecule has 1 unspecified atom stereocenters. The highest BCUT2D eigenvalue weighted by Crippen LogP contribution is 2.42. The number of hydrogen-bond donors (Lipinski definition) is 2. The SMILES string of the molecule is NC(CC(=O)O)c1cc2c(c([N+](=O)[O-])c1)OCO2. The summed E-state index contributed by atoms with van der Waals surface area (Å²) in [4.78, 5) is 20.8. The Bertz CT molecular complexity index is 515. The highest BCUT2D eigenvalue weighted by molar-refractivity contribution is 5.68. The molecule has 0 aliphatic carbocycles. The van der Waals surface area contributed by atoms with Crippen molar-refractivity contribution in [2.45, 2.75) is 12.5 Å². The van der Waals surface area contributed by atoms with Gasteiger partial charge in [-0.3, -0.25) is 14.9 Å². The van der Waals surface area contributed by atoms with Crippen LogP contribution in [0.25, 0.3) is 0 Å². The molecule has 18 heavy (non-hydrogen) atoms. The first-order chi connectivity index (χ1) is 8.49. The average molecular weight is 254 g/mol. The van der Waals surface area contributed by atoms with Crippen LogP contribution in [0.1, 0.15) is 18.0 Å². The first kappa shape index (κ1) is 12.1. The van der Waals surface area contributed by atoms with E-state index >= 15 is 0 Å². The van der Waals surface area contributed by atoms with Crippen molar-refractivity contribution in [3.63, 3.8) is 0 Å². The molecule has 0 radical (unpaired) electrons. The number of rotatable bonds is 4. The third-order valence-corrected chi connectivity index (χ3v) is 2.49. The quantitative estimate of drug-likeness (QED) is 0.601. The Balaban J connectivity index is 2.41. The van der Waals surface area contributed by atoms with E-state index in [0.29, 0.717) is 5.56 Å². The average Bonchev–Trinajstić information content (AvgIpc) is 2.73. The second kappa shape index (κ2) is 4.49. The number of carboxylic acid groups (broad SMARTS) is 1. The molecule has 8 nitrogen and oxygen atoms in total. The third kappa shape index (κ3) is 2.18. The molecule has 1 atom stereocenters. The Morgan fingerprint density at radius 1 is 1.56 bits per heavy atom. The minimum absolute atomic E-state index is 0.0475. The first-order valence-electron chi connectivity index (χ1n) is 5.04. The number of fused-ring (bicyclic) bond motifs is 1. The van der Waals surface area contributed by atoms with Gasteiger partial charge in [0, 0.05) is 12.1 Å². The van der Waals surface area contributed by atoms with E-state index in [1.54, 1.807) is 0 Å². The van der Waals surface area contributed by atoms with Crippen LogP contribution in [0.15, 0.2) is 12.1 Å². The summed E-state index contributed by atoms with van der Waals surface area (Å²) in [6.07, 6.45) is -0.323. The molecule has 1 aromatic rings. The smallest absolute Gasteiger partial charge is 0.315 e. The molecule has 0 saturated heterocycles. The van der Waals surface area contributed by atoms with Crippen LogP contribution in [0.3, 0.4) is 0 Å². The van der Waals surface area contributed by atoms with E-state index in [1.165, 1.54) is 12.1 Å². The Morgan fingerprint density at radius 2 is 2.28 bits per heavy atom. The van der Waals surface area contributed by atoms with E-state index in [1.807, 2.05) is 0 Å². The lowest BCUT2D eigenvalue weighted by Crippen LogP contribution is -2.15. The van der Waals surface area contributed by atoms with Gasteiger partial charge < -0.3 is 20.3 Å². The molecule has 0 spiro atoms. The second-order valence-corrected chi connectivity index (χ2v) is 3.74. The van der Waals surface area contributed by atoms with Gasteiger partial charge >= 0.3 is 11.7 Å². The van der Waals surface area contributed by atoms with Crippen molar-refractivity contribution in [1.82, 2.24) is 0 Å². The van der Waals surface area contributed by atoms with E-state index < -0.39 is 16.9 Å². The monoisotopic (exact) mass is 254 g/mol. The second-order valence-electron chi connectivity index (χ2n) is 3.74. The molecule has 0 saturated carbocycles. The Labute approximate surface area is 101 Å². The van der Waals surface area contributed by atoms with Crippen molar-refractivity contribution in [2.24, 2.45) is 5.73 Å². The van der Waals surface area contributed by atoms with Gasteiger partial charge in [-0.05, 0) is 11.6 Å². The van der Waals surface area contributed by atoms with Gasteiger partial charge in [0.15, 0.2) is 5.75 Å². The standard InChI is InChI=1S/C10H10N2O6/c11-6(3-9(13)14)5-1-7(12(15)16)10-8(2-5)17-4-18-10/h1-2,6H,3-4,11H2,(H,13,14). The Morgan fingerprint density at radius 3 is 2.89 bits per heavy atom. The number of hydrogen-bond acceptors (Lipinski definition) is 6. The largest absolute Gasteiger partial charge is 0.481 e. The van der Waals surface area contributed by atoms with Crippen molar-refractivity contribution in [3.8, 4) is 11.5 Å². The fraction of sp³-hybridized carbons (Fsp3) is 0.300. The highest BCUT2D eigenvalue weighted by atomic mass is 16.7. The van der Waals surface area contributed by atoms with E-state index in [9.17, 15) is 14.9 Å². The minimum Gasteiger partial charge on any atom is -0.481 e. The Kier molecular flexibility index (Phi) is 3.02. The van der Waals surface area contributed by atoms with Crippen LogP contribution >= 0.6 is 0 Å². The van der Waals surface area contributed by atoms with Crippen LogP contribution in [-0.4, -0.2) is 22.8 Å². The summed E-state index contributed by atoms with van der Waals surface area (Å²) in [7, 11) is 0. The summed E-state index contributed by atoms with van der Waals surface area (Å²) in [5.74, 6) is -0.825. The van der Waals surface area contributed by atoms with Crippen LogP contribution < -0.4 is 15.2 Å². The molecule has 8 heteroatoms. The van der Waals surface area contributed by atoms with Crippen molar-refractivity contribution in [1.29, 1.82) is 0 Å². The number of carboxylic acids is 1. The minimum atomic E-state index is -1.08. The molecule has 1 aliphatic heterocycles. The molecule has 0 amide bonds. The van der Waals surface area contributed by atoms with Gasteiger partial charge in [0.25, 0.3) is 0 Å².